The SMILES string of the molecule is CN=C(NCCc1cccc(C(=O)NC)c1)NCCc1cn2ccccc2n1.I. The number of halogens is 1. The first-order valence-corrected chi connectivity index (χ1v) is 9.38. The van der Waals surface area contributed by atoms with Crippen molar-refractivity contribution in [3.8, 4) is 0 Å². The lowest BCUT2D eigenvalue weighted by Gasteiger charge is -2.11. The van der Waals surface area contributed by atoms with Crippen molar-refractivity contribution in [3.63, 3.8) is 0 Å². The third-order valence-corrected chi connectivity index (χ3v) is 4.43. The van der Waals surface area contributed by atoms with E-state index in [1.54, 1.807) is 14.1 Å². The number of carbonyl (C=O) groups excluding carboxylic acids is 1. The van der Waals surface area contributed by atoms with Crippen molar-refractivity contribution in [1.29, 1.82) is 0 Å². The summed E-state index contributed by atoms with van der Waals surface area (Å²) >= 11 is 0. The Hall–Kier alpha value is -2.62. The number of benzene rings is 1. The predicted octanol–water partition coefficient (Wildman–Crippen LogP) is 2.26. The van der Waals surface area contributed by atoms with Crippen molar-refractivity contribution in [1.82, 2.24) is 25.3 Å². The molecule has 0 saturated carbocycles. The molecule has 1 amide bonds. The maximum atomic E-state index is 11.7. The molecule has 2 aromatic heterocycles. The summed E-state index contributed by atoms with van der Waals surface area (Å²) in [5.74, 6) is 0.686. The van der Waals surface area contributed by atoms with Gasteiger partial charge in [0.2, 0.25) is 0 Å². The quantitative estimate of drug-likeness (QED) is 0.261. The maximum absolute atomic E-state index is 11.7. The molecule has 0 unspecified atom stereocenters. The number of hydrogen-bond acceptors (Lipinski definition) is 3. The number of imidazole rings is 1. The lowest BCUT2D eigenvalue weighted by Crippen LogP contribution is -2.39. The third-order valence-electron chi connectivity index (χ3n) is 4.43. The van der Waals surface area contributed by atoms with Gasteiger partial charge < -0.3 is 20.4 Å². The molecule has 0 atom stereocenters. The van der Waals surface area contributed by atoms with Gasteiger partial charge in [0.15, 0.2) is 5.96 Å². The normalized spacial score (nSPS) is 11.0. The average molecular weight is 506 g/mol. The second-order valence-corrected chi connectivity index (χ2v) is 6.40. The van der Waals surface area contributed by atoms with Gasteiger partial charge in [-0.1, -0.05) is 18.2 Å². The number of aromatic nitrogens is 2. The summed E-state index contributed by atoms with van der Waals surface area (Å²) in [7, 11) is 3.39. The molecule has 3 N–H and O–H groups in total. The molecule has 0 aliphatic rings. The van der Waals surface area contributed by atoms with Gasteiger partial charge in [-0.15, -0.1) is 24.0 Å². The molecule has 2 heterocycles. The van der Waals surface area contributed by atoms with Crippen molar-refractivity contribution in [2.75, 3.05) is 27.2 Å². The number of amides is 1. The topological polar surface area (TPSA) is 82.8 Å². The molecule has 154 valence electrons. The fraction of sp³-hybridized carbons (Fsp3) is 0.286. The Labute approximate surface area is 188 Å². The Morgan fingerprint density at radius 2 is 1.90 bits per heavy atom. The molecular formula is C21H27IN6O. The third kappa shape index (κ3) is 6.45. The highest BCUT2D eigenvalue weighted by Crippen LogP contribution is 2.06. The van der Waals surface area contributed by atoms with Crippen molar-refractivity contribution < 1.29 is 4.79 Å². The number of aliphatic imine (C=N–C) groups is 1. The largest absolute Gasteiger partial charge is 0.356 e. The summed E-state index contributed by atoms with van der Waals surface area (Å²) in [5, 5.41) is 9.27. The van der Waals surface area contributed by atoms with E-state index in [1.807, 2.05) is 59.3 Å². The van der Waals surface area contributed by atoms with Gasteiger partial charge in [0.25, 0.3) is 5.91 Å². The minimum absolute atomic E-state index is 0. The van der Waals surface area contributed by atoms with Crippen LogP contribution in [-0.2, 0) is 12.8 Å². The molecule has 0 aliphatic heterocycles. The summed E-state index contributed by atoms with van der Waals surface area (Å²) in [6.45, 7) is 1.47. The van der Waals surface area contributed by atoms with Gasteiger partial charge in [0.1, 0.15) is 5.65 Å². The Morgan fingerprint density at radius 3 is 2.62 bits per heavy atom. The summed E-state index contributed by atoms with van der Waals surface area (Å²) < 4.78 is 2.02. The van der Waals surface area contributed by atoms with E-state index >= 15 is 0 Å². The van der Waals surface area contributed by atoms with Crippen molar-refractivity contribution in [3.05, 3.63) is 71.7 Å². The van der Waals surface area contributed by atoms with Crippen LogP contribution in [0, 0.1) is 0 Å². The van der Waals surface area contributed by atoms with Crippen molar-refractivity contribution >= 4 is 41.5 Å². The van der Waals surface area contributed by atoms with Gasteiger partial charge >= 0.3 is 0 Å². The summed E-state index contributed by atoms with van der Waals surface area (Å²) in [6.07, 6.45) is 5.67. The summed E-state index contributed by atoms with van der Waals surface area (Å²) in [5.41, 5.74) is 3.78. The minimum atomic E-state index is -0.0702. The molecule has 7 nitrogen and oxygen atoms in total. The number of fused-ring (bicyclic) bond motifs is 1. The highest BCUT2D eigenvalue weighted by Gasteiger charge is 2.05. The van der Waals surface area contributed by atoms with E-state index in [-0.39, 0.29) is 29.9 Å². The monoisotopic (exact) mass is 506 g/mol. The zero-order valence-electron chi connectivity index (χ0n) is 16.7. The first-order chi connectivity index (χ1) is 13.7. The molecule has 8 heteroatoms. The second-order valence-electron chi connectivity index (χ2n) is 6.40. The van der Waals surface area contributed by atoms with Crippen LogP contribution >= 0.6 is 24.0 Å². The van der Waals surface area contributed by atoms with Crippen LogP contribution in [0.25, 0.3) is 5.65 Å². The van der Waals surface area contributed by atoms with E-state index in [9.17, 15) is 4.79 Å². The smallest absolute Gasteiger partial charge is 0.251 e. The number of guanidine groups is 1. The Morgan fingerprint density at radius 1 is 1.10 bits per heavy atom. The molecule has 29 heavy (non-hydrogen) atoms. The molecule has 0 radical (unpaired) electrons. The predicted molar refractivity (Wildman–Crippen MR) is 127 cm³/mol. The van der Waals surface area contributed by atoms with Gasteiger partial charge in [-0.25, -0.2) is 4.98 Å². The van der Waals surface area contributed by atoms with E-state index in [2.05, 4.69) is 25.9 Å². The standard InChI is InChI=1S/C21H26N6O.HI/c1-22-20(28)17-7-5-6-16(14-17)9-11-24-21(23-2)25-12-10-18-15-27-13-4-3-8-19(27)26-18;/h3-8,13-15H,9-12H2,1-2H3,(H,22,28)(H2,23,24,25);1H. The highest BCUT2D eigenvalue weighted by molar-refractivity contribution is 14.0. The van der Waals surface area contributed by atoms with Crippen LogP contribution in [0.4, 0.5) is 0 Å². The van der Waals surface area contributed by atoms with Crippen LogP contribution < -0.4 is 16.0 Å². The fourth-order valence-electron chi connectivity index (χ4n) is 2.97. The van der Waals surface area contributed by atoms with E-state index in [0.29, 0.717) is 5.56 Å². The van der Waals surface area contributed by atoms with Crippen LogP contribution in [0.3, 0.4) is 0 Å². The summed E-state index contributed by atoms with van der Waals surface area (Å²) in [6, 6.07) is 13.6. The van der Waals surface area contributed by atoms with Gasteiger partial charge in [0, 0.05) is 51.6 Å². The zero-order chi connectivity index (χ0) is 19.8. The van der Waals surface area contributed by atoms with Crippen LogP contribution in [0.5, 0.6) is 0 Å². The van der Waals surface area contributed by atoms with E-state index in [0.717, 1.165) is 48.8 Å². The summed E-state index contributed by atoms with van der Waals surface area (Å²) in [4.78, 5) is 20.6. The number of hydrogen-bond donors (Lipinski definition) is 3. The minimum Gasteiger partial charge on any atom is -0.356 e. The molecule has 0 spiro atoms. The van der Waals surface area contributed by atoms with Crippen LogP contribution in [0.2, 0.25) is 0 Å². The van der Waals surface area contributed by atoms with Crippen LogP contribution in [-0.4, -0.2) is 48.4 Å². The molecule has 0 fully saturated rings. The Kier molecular flexibility index (Phi) is 8.91. The first kappa shape index (κ1) is 22.7. The average Bonchev–Trinajstić information content (AvgIpc) is 3.15. The van der Waals surface area contributed by atoms with E-state index < -0.39 is 0 Å². The molecule has 3 aromatic rings. The van der Waals surface area contributed by atoms with Crippen LogP contribution in [0.15, 0.2) is 59.9 Å². The van der Waals surface area contributed by atoms with Gasteiger partial charge in [-0.3, -0.25) is 9.79 Å². The van der Waals surface area contributed by atoms with E-state index in [4.69, 9.17) is 0 Å². The Balaban J connectivity index is 0.00000300. The molecule has 3 rings (SSSR count). The van der Waals surface area contributed by atoms with Crippen molar-refractivity contribution in [2.24, 2.45) is 4.99 Å². The fourth-order valence-corrected chi connectivity index (χ4v) is 2.97. The number of rotatable bonds is 7. The molecule has 0 aliphatic carbocycles. The van der Waals surface area contributed by atoms with Crippen molar-refractivity contribution in [2.45, 2.75) is 12.8 Å². The number of pyridine rings is 1. The lowest BCUT2D eigenvalue weighted by molar-refractivity contribution is 0.0963. The lowest BCUT2D eigenvalue weighted by atomic mass is 10.1. The number of nitrogens with one attached hydrogen (secondary N) is 3. The van der Waals surface area contributed by atoms with Crippen LogP contribution in [0.1, 0.15) is 21.6 Å². The molecule has 0 bridgehead atoms. The molecule has 1 aromatic carbocycles. The second kappa shape index (κ2) is 11.4. The zero-order valence-corrected chi connectivity index (χ0v) is 19.0. The highest BCUT2D eigenvalue weighted by atomic mass is 127. The van der Waals surface area contributed by atoms with E-state index in [1.165, 1.54) is 0 Å². The molecule has 0 saturated heterocycles. The van der Waals surface area contributed by atoms with Gasteiger partial charge in [-0.05, 0) is 36.2 Å². The first-order valence-electron chi connectivity index (χ1n) is 9.38. The molecular weight excluding hydrogens is 479 g/mol. The van der Waals surface area contributed by atoms with Gasteiger partial charge in [-0.2, -0.15) is 0 Å². The number of carbonyl (C=O) groups is 1. The number of nitrogens with zero attached hydrogens (tertiary/aromatic N) is 3. The van der Waals surface area contributed by atoms with Gasteiger partial charge in [0.05, 0.1) is 5.69 Å². The maximum Gasteiger partial charge on any atom is 0.251 e. The Bertz CT molecular complexity index is 935.